The number of nitrogens with zero attached hydrogens (tertiary/aromatic N) is 1. The van der Waals surface area contributed by atoms with Gasteiger partial charge in [0.05, 0.1) is 18.2 Å². The number of carbonyl (C=O) groups is 1. The van der Waals surface area contributed by atoms with E-state index in [2.05, 4.69) is 10.3 Å². The van der Waals surface area contributed by atoms with Crippen LogP contribution in [0.1, 0.15) is 5.56 Å². The van der Waals surface area contributed by atoms with Crippen LogP contribution in [0.15, 0.2) is 53.7 Å². The van der Waals surface area contributed by atoms with Gasteiger partial charge in [-0.2, -0.15) is 0 Å². The highest BCUT2D eigenvalue weighted by Crippen LogP contribution is 2.22. The van der Waals surface area contributed by atoms with Gasteiger partial charge in [0.2, 0.25) is 5.91 Å². The van der Waals surface area contributed by atoms with Gasteiger partial charge < -0.3 is 14.8 Å². The van der Waals surface area contributed by atoms with Gasteiger partial charge in [0.15, 0.2) is 0 Å². The lowest BCUT2D eigenvalue weighted by atomic mass is 10.2. The molecule has 0 aliphatic carbocycles. The normalized spacial score (nSPS) is 10.5. The largest absolute Gasteiger partial charge is 0.382 e. The van der Waals surface area contributed by atoms with Gasteiger partial charge in [0, 0.05) is 24.7 Å². The number of ether oxygens (including phenoxy) is 2. The number of thioether (sulfide) groups is 1. The first-order valence-corrected chi connectivity index (χ1v) is 8.26. The second-order valence-corrected chi connectivity index (χ2v) is 5.75. The summed E-state index contributed by atoms with van der Waals surface area (Å²) in [6, 6.07) is 13.6. The van der Waals surface area contributed by atoms with Crippen molar-refractivity contribution in [2.24, 2.45) is 0 Å². The molecule has 5 nitrogen and oxygen atoms in total. The highest BCUT2D eigenvalue weighted by Gasteiger charge is 2.04. The molecule has 0 fully saturated rings. The molecular weight excluding hydrogens is 312 g/mol. The summed E-state index contributed by atoms with van der Waals surface area (Å²) in [4.78, 5) is 16.1. The third kappa shape index (κ3) is 6.81. The highest BCUT2D eigenvalue weighted by molar-refractivity contribution is 7.98. The van der Waals surface area contributed by atoms with Crippen LogP contribution in [0.25, 0.3) is 0 Å². The van der Waals surface area contributed by atoms with E-state index in [1.807, 2.05) is 42.5 Å². The maximum Gasteiger partial charge on any atom is 0.250 e. The second-order valence-electron chi connectivity index (χ2n) is 4.75. The van der Waals surface area contributed by atoms with Crippen LogP contribution in [0.4, 0.5) is 5.69 Å². The van der Waals surface area contributed by atoms with E-state index in [0.717, 1.165) is 22.0 Å². The van der Waals surface area contributed by atoms with Gasteiger partial charge in [-0.05, 0) is 29.8 Å². The lowest BCUT2D eigenvalue weighted by Crippen LogP contribution is -2.19. The Morgan fingerprint density at radius 2 is 2.13 bits per heavy atom. The first-order chi connectivity index (χ1) is 11.3. The predicted molar refractivity (Wildman–Crippen MR) is 91.6 cm³/mol. The summed E-state index contributed by atoms with van der Waals surface area (Å²) < 4.78 is 10.1. The van der Waals surface area contributed by atoms with Crippen LogP contribution in [-0.4, -0.2) is 37.8 Å². The molecule has 2 aromatic rings. The number of methoxy groups -OCH3 is 1. The summed E-state index contributed by atoms with van der Waals surface area (Å²) in [6.07, 6.45) is 1.78. The zero-order valence-corrected chi connectivity index (χ0v) is 13.8. The monoisotopic (exact) mass is 332 g/mol. The minimum atomic E-state index is -0.171. The number of benzene rings is 1. The number of hydrogen-bond donors (Lipinski definition) is 1. The van der Waals surface area contributed by atoms with Gasteiger partial charge in [-0.25, -0.2) is 4.98 Å². The molecule has 122 valence electrons. The van der Waals surface area contributed by atoms with Crippen LogP contribution in [0.5, 0.6) is 0 Å². The van der Waals surface area contributed by atoms with Crippen molar-refractivity contribution in [1.29, 1.82) is 0 Å². The Kier molecular flexibility index (Phi) is 7.59. The summed E-state index contributed by atoms with van der Waals surface area (Å²) >= 11 is 1.66. The maximum absolute atomic E-state index is 11.8. The van der Waals surface area contributed by atoms with E-state index in [-0.39, 0.29) is 12.5 Å². The molecule has 23 heavy (non-hydrogen) atoms. The SMILES string of the molecule is COCCOCC(=O)Nc1cccc(CSc2ccccn2)c1. The topological polar surface area (TPSA) is 60.5 Å². The molecule has 0 unspecified atom stereocenters. The smallest absolute Gasteiger partial charge is 0.250 e. The van der Waals surface area contributed by atoms with Crippen LogP contribution in [0, 0.1) is 0 Å². The van der Waals surface area contributed by atoms with Crippen LogP contribution >= 0.6 is 11.8 Å². The predicted octanol–water partition coefficient (Wildman–Crippen LogP) is 2.98. The van der Waals surface area contributed by atoms with Gasteiger partial charge >= 0.3 is 0 Å². The van der Waals surface area contributed by atoms with Gasteiger partial charge in [-0.3, -0.25) is 4.79 Å². The standard InChI is InChI=1S/C17H20N2O3S/c1-21-9-10-22-12-16(20)19-15-6-4-5-14(11-15)13-23-17-7-2-3-8-18-17/h2-8,11H,9-10,12-13H2,1H3,(H,19,20). The quantitative estimate of drug-likeness (QED) is 0.565. The summed E-state index contributed by atoms with van der Waals surface area (Å²) in [7, 11) is 1.60. The Morgan fingerprint density at radius 3 is 2.91 bits per heavy atom. The molecule has 6 heteroatoms. The number of amides is 1. The summed E-state index contributed by atoms with van der Waals surface area (Å²) in [5.41, 5.74) is 1.89. The van der Waals surface area contributed by atoms with E-state index in [1.165, 1.54) is 0 Å². The number of anilines is 1. The molecule has 0 spiro atoms. The Balaban J connectivity index is 1.81. The van der Waals surface area contributed by atoms with Gasteiger partial charge in [-0.15, -0.1) is 11.8 Å². The van der Waals surface area contributed by atoms with Crippen molar-refractivity contribution in [2.45, 2.75) is 10.8 Å². The molecule has 2 rings (SSSR count). The van der Waals surface area contributed by atoms with Crippen LogP contribution in [0.3, 0.4) is 0 Å². The average Bonchev–Trinajstić information content (AvgIpc) is 2.58. The maximum atomic E-state index is 11.8. The highest BCUT2D eigenvalue weighted by atomic mass is 32.2. The Labute approximate surface area is 140 Å². The number of rotatable bonds is 9. The molecule has 1 amide bonds. The molecule has 0 radical (unpaired) electrons. The zero-order valence-electron chi connectivity index (χ0n) is 13.0. The van der Waals surface area contributed by atoms with Crippen molar-refractivity contribution < 1.29 is 14.3 Å². The van der Waals surface area contributed by atoms with E-state index in [9.17, 15) is 4.79 Å². The average molecular weight is 332 g/mol. The van der Waals surface area contributed by atoms with E-state index in [4.69, 9.17) is 9.47 Å². The summed E-state index contributed by atoms with van der Waals surface area (Å²) in [6.45, 7) is 0.911. The van der Waals surface area contributed by atoms with Gasteiger partial charge in [0.25, 0.3) is 0 Å². The number of carbonyl (C=O) groups excluding carboxylic acids is 1. The van der Waals surface area contributed by atoms with Gasteiger partial charge in [0.1, 0.15) is 6.61 Å². The van der Waals surface area contributed by atoms with E-state index < -0.39 is 0 Å². The fraction of sp³-hybridized carbons (Fsp3) is 0.294. The van der Waals surface area contributed by atoms with Crippen molar-refractivity contribution in [3.05, 3.63) is 54.2 Å². The first kappa shape index (κ1) is 17.5. The third-order valence-corrected chi connectivity index (χ3v) is 3.92. The van der Waals surface area contributed by atoms with Crippen molar-refractivity contribution in [1.82, 2.24) is 4.98 Å². The van der Waals surface area contributed by atoms with E-state index in [0.29, 0.717) is 13.2 Å². The summed E-state index contributed by atoms with van der Waals surface area (Å²) in [5, 5.41) is 3.81. The van der Waals surface area contributed by atoms with Crippen molar-refractivity contribution in [3.8, 4) is 0 Å². The molecule has 0 aliphatic heterocycles. The third-order valence-electron chi connectivity index (χ3n) is 2.90. The fourth-order valence-electron chi connectivity index (χ4n) is 1.83. The Bertz CT molecular complexity index is 608. The minimum Gasteiger partial charge on any atom is -0.382 e. The molecule has 0 saturated carbocycles. The lowest BCUT2D eigenvalue weighted by Gasteiger charge is -2.08. The van der Waals surface area contributed by atoms with Crippen LogP contribution < -0.4 is 5.32 Å². The molecule has 0 aliphatic rings. The molecule has 1 aromatic heterocycles. The van der Waals surface area contributed by atoms with Crippen molar-refractivity contribution in [2.75, 3.05) is 32.2 Å². The second kappa shape index (κ2) is 9.99. The first-order valence-electron chi connectivity index (χ1n) is 7.27. The zero-order chi connectivity index (χ0) is 16.3. The number of nitrogens with one attached hydrogen (secondary N) is 1. The molecular formula is C17H20N2O3S. The van der Waals surface area contributed by atoms with Gasteiger partial charge in [-0.1, -0.05) is 18.2 Å². The lowest BCUT2D eigenvalue weighted by molar-refractivity contribution is -0.121. The van der Waals surface area contributed by atoms with E-state index in [1.54, 1.807) is 25.1 Å². The van der Waals surface area contributed by atoms with Crippen molar-refractivity contribution >= 4 is 23.4 Å². The number of pyridine rings is 1. The fourth-order valence-corrected chi connectivity index (χ4v) is 2.64. The molecule has 0 atom stereocenters. The molecule has 1 N–H and O–H groups in total. The van der Waals surface area contributed by atoms with Crippen LogP contribution in [-0.2, 0) is 20.0 Å². The summed E-state index contributed by atoms with van der Waals surface area (Å²) in [5.74, 6) is 0.626. The van der Waals surface area contributed by atoms with Crippen molar-refractivity contribution in [3.63, 3.8) is 0 Å². The number of aromatic nitrogens is 1. The molecule has 1 aromatic carbocycles. The van der Waals surface area contributed by atoms with Crippen LogP contribution in [0.2, 0.25) is 0 Å². The number of hydrogen-bond acceptors (Lipinski definition) is 5. The Morgan fingerprint density at radius 1 is 1.22 bits per heavy atom. The Hall–Kier alpha value is -1.89. The minimum absolute atomic E-state index is 0.0241. The van der Waals surface area contributed by atoms with E-state index >= 15 is 0 Å². The molecule has 0 bridgehead atoms. The molecule has 1 heterocycles. The molecule has 0 saturated heterocycles.